The zero-order chi connectivity index (χ0) is 30.6. The molecule has 2 aromatic carbocycles. The van der Waals surface area contributed by atoms with E-state index < -0.39 is 24.3 Å². The number of nitrogens with zero attached hydrogens (tertiary/aromatic N) is 1. The van der Waals surface area contributed by atoms with Gasteiger partial charge in [-0.2, -0.15) is 5.10 Å². The predicted molar refractivity (Wildman–Crippen MR) is 157 cm³/mol. The highest BCUT2D eigenvalue weighted by Gasteiger charge is 2.32. The molecule has 12 nitrogen and oxygen atoms in total. The number of amides is 2. The first-order valence-corrected chi connectivity index (χ1v) is 13.8. The van der Waals surface area contributed by atoms with E-state index in [0.717, 1.165) is 5.56 Å². The number of benzene rings is 2. The van der Waals surface area contributed by atoms with Gasteiger partial charge in [0.25, 0.3) is 0 Å². The molecule has 228 valence electrons. The normalized spacial score (nSPS) is 15.6. The summed E-state index contributed by atoms with van der Waals surface area (Å²) in [6.07, 6.45) is 0.427. The number of hydrogen-bond acceptors (Lipinski definition) is 10. The van der Waals surface area contributed by atoms with Gasteiger partial charge in [-0.15, -0.1) is 0 Å². The van der Waals surface area contributed by atoms with Crippen molar-refractivity contribution in [2.45, 2.75) is 46.9 Å². The molecule has 3 rings (SSSR count). The molecule has 1 aliphatic rings. The van der Waals surface area contributed by atoms with E-state index in [2.05, 4.69) is 35.0 Å². The van der Waals surface area contributed by atoms with Crippen LogP contribution in [-0.4, -0.2) is 63.1 Å². The zero-order valence-electron chi connectivity index (χ0n) is 24.9. The van der Waals surface area contributed by atoms with Crippen molar-refractivity contribution in [3.8, 4) is 23.0 Å². The van der Waals surface area contributed by atoms with Crippen molar-refractivity contribution in [3.63, 3.8) is 0 Å². The van der Waals surface area contributed by atoms with Gasteiger partial charge >= 0.3 is 12.0 Å². The number of carbonyl (C=O) groups excluding carboxylic acids is 2. The molecule has 0 aliphatic carbocycles. The Balaban J connectivity index is 1.66. The maximum Gasteiger partial charge on any atom is 0.337 e. The molecule has 1 aliphatic heterocycles. The monoisotopic (exact) mass is 584 g/mol. The molecule has 0 unspecified atom stereocenters. The largest absolute Gasteiger partial charge is 0.490 e. The topological polar surface area (TPSA) is 149 Å². The van der Waals surface area contributed by atoms with Crippen LogP contribution in [0.5, 0.6) is 23.0 Å². The second-order valence-corrected chi connectivity index (χ2v) is 9.76. The number of carbonyl (C=O) groups is 2. The third-order valence-corrected chi connectivity index (χ3v) is 5.95. The van der Waals surface area contributed by atoms with Crippen LogP contribution in [0.15, 0.2) is 52.8 Å². The Bertz CT molecular complexity index is 1290. The molecule has 2 atom stereocenters. The quantitative estimate of drug-likeness (QED) is 0.107. The van der Waals surface area contributed by atoms with Crippen molar-refractivity contribution in [2.24, 2.45) is 11.0 Å². The Hall–Kier alpha value is -4.45. The van der Waals surface area contributed by atoms with Crippen molar-refractivity contribution in [1.82, 2.24) is 16.1 Å². The van der Waals surface area contributed by atoms with Gasteiger partial charge in [0.15, 0.2) is 29.2 Å². The smallest absolute Gasteiger partial charge is 0.337 e. The van der Waals surface area contributed by atoms with E-state index in [-0.39, 0.29) is 12.2 Å². The molecule has 2 aromatic rings. The van der Waals surface area contributed by atoms with Crippen LogP contribution in [-0.2, 0) is 9.53 Å². The van der Waals surface area contributed by atoms with Crippen LogP contribution in [0.2, 0.25) is 0 Å². The minimum atomic E-state index is -1.13. The Morgan fingerprint density at radius 3 is 2.29 bits per heavy atom. The lowest BCUT2D eigenvalue weighted by Crippen LogP contribution is -2.45. The number of hydrogen-bond donors (Lipinski definition) is 4. The summed E-state index contributed by atoms with van der Waals surface area (Å²) in [5, 5.41) is 19.9. The first-order valence-electron chi connectivity index (χ1n) is 13.8. The van der Waals surface area contributed by atoms with Gasteiger partial charge in [-0.3, -0.25) is 5.43 Å². The Labute approximate surface area is 246 Å². The van der Waals surface area contributed by atoms with Gasteiger partial charge in [-0.05, 0) is 68.1 Å². The van der Waals surface area contributed by atoms with Crippen LogP contribution in [0, 0.1) is 5.92 Å². The molecule has 0 saturated carbocycles. The van der Waals surface area contributed by atoms with E-state index in [9.17, 15) is 14.7 Å². The molecular weight excluding hydrogens is 544 g/mol. The molecule has 1 heterocycles. The summed E-state index contributed by atoms with van der Waals surface area (Å²) >= 11 is 0. The lowest BCUT2D eigenvalue weighted by Gasteiger charge is -2.28. The highest BCUT2D eigenvalue weighted by molar-refractivity contribution is 5.95. The van der Waals surface area contributed by atoms with Gasteiger partial charge in [0.1, 0.15) is 6.61 Å². The number of aliphatic hydroxyl groups is 1. The molecule has 0 bridgehead atoms. The maximum atomic E-state index is 12.4. The highest BCUT2D eigenvalue weighted by Crippen LogP contribution is 2.35. The molecule has 2 amide bonds. The summed E-state index contributed by atoms with van der Waals surface area (Å²) in [5.41, 5.74) is 4.65. The summed E-state index contributed by atoms with van der Waals surface area (Å²) in [4.78, 5) is 24.6. The first-order chi connectivity index (χ1) is 20.2. The molecule has 0 spiro atoms. The molecule has 0 aromatic heterocycles. The van der Waals surface area contributed by atoms with Gasteiger partial charge in [0.2, 0.25) is 0 Å². The highest BCUT2D eigenvalue weighted by atomic mass is 16.5. The predicted octanol–water partition coefficient (Wildman–Crippen LogP) is 3.64. The molecule has 4 N–H and O–H groups in total. The molecule has 0 saturated heterocycles. The second-order valence-electron chi connectivity index (χ2n) is 9.76. The number of hydrazone groups is 1. The van der Waals surface area contributed by atoms with Crippen molar-refractivity contribution < 1.29 is 38.4 Å². The third kappa shape index (κ3) is 8.77. The fourth-order valence-corrected chi connectivity index (χ4v) is 4.07. The van der Waals surface area contributed by atoms with Crippen LogP contribution in [0.1, 0.15) is 51.8 Å². The third-order valence-electron chi connectivity index (χ3n) is 5.95. The molecule has 42 heavy (non-hydrogen) atoms. The van der Waals surface area contributed by atoms with E-state index in [1.807, 2.05) is 32.0 Å². The van der Waals surface area contributed by atoms with Gasteiger partial charge in [-0.25, -0.2) is 9.59 Å². The number of esters is 1. The number of urea groups is 1. The van der Waals surface area contributed by atoms with Gasteiger partial charge in [0, 0.05) is 5.70 Å². The van der Waals surface area contributed by atoms with Crippen molar-refractivity contribution in [3.05, 3.63) is 58.8 Å². The van der Waals surface area contributed by atoms with Crippen molar-refractivity contribution in [2.75, 3.05) is 33.5 Å². The summed E-state index contributed by atoms with van der Waals surface area (Å²) in [7, 11) is 1.28. The van der Waals surface area contributed by atoms with E-state index in [1.54, 1.807) is 31.3 Å². The van der Waals surface area contributed by atoms with Gasteiger partial charge in [0.05, 0.1) is 44.8 Å². The molecular formula is C30H40N4O8. The lowest BCUT2D eigenvalue weighted by molar-refractivity contribution is -0.136. The lowest BCUT2D eigenvalue weighted by atomic mass is 9.95. The van der Waals surface area contributed by atoms with Crippen LogP contribution in [0.4, 0.5) is 4.79 Å². The van der Waals surface area contributed by atoms with Crippen LogP contribution in [0.3, 0.4) is 0 Å². The second kappa shape index (κ2) is 15.5. The van der Waals surface area contributed by atoms with E-state index in [0.29, 0.717) is 60.0 Å². The first kappa shape index (κ1) is 32.1. The maximum absolute atomic E-state index is 12.4. The number of aliphatic hydroxyl groups excluding tert-OH is 1. The average molecular weight is 585 g/mol. The fourth-order valence-electron chi connectivity index (χ4n) is 4.07. The molecule has 12 heteroatoms. The van der Waals surface area contributed by atoms with E-state index >= 15 is 0 Å². The van der Waals surface area contributed by atoms with Crippen LogP contribution < -0.4 is 35.0 Å². The van der Waals surface area contributed by atoms with E-state index in [4.69, 9.17) is 23.7 Å². The summed E-state index contributed by atoms with van der Waals surface area (Å²) in [6, 6.07) is 9.31. The fraction of sp³-hybridized carbons (Fsp3) is 0.433. The number of ether oxygens (including phenoxy) is 5. The summed E-state index contributed by atoms with van der Waals surface area (Å²) in [6.45, 7) is 10.8. The SMILES string of the molecule is CCOc1cc(/C=N\N[C@@H](O)COc2ccc([C@H]3NC(=O)NC(C)=C3C(=O)OC)cc2OCC)ccc1OCC(C)C. The Morgan fingerprint density at radius 2 is 1.64 bits per heavy atom. The number of nitrogens with one attached hydrogen (secondary N) is 3. The minimum Gasteiger partial charge on any atom is -0.490 e. The number of methoxy groups -OCH3 is 1. The molecule has 0 fully saturated rings. The van der Waals surface area contributed by atoms with Crippen molar-refractivity contribution in [1.29, 1.82) is 0 Å². The minimum absolute atomic E-state index is 0.139. The number of allylic oxidation sites excluding steroid dienone is 1. The zero-order valence-corrected chi connectivity index (χ0v) is 24.9. The Kier molecular flexibility index (Phi) is 11.9. The Morgan fingerprint density at radius 1 is 1.00 bits per heavy atom. The van der Waals surface area contributed by atoms with Gasteiger partial charge < -0.3 is 39.4 Å². The van der Waals surface area contributed by atoms with Gasteiger partial charge in [-0.1, -0.05) is 19.9 Å². The molecule has 0 radical (unpaired) electrons. The van der Waals surface area contributed by atoms with Crippen molar-refractivity contribution >= 4 is 18.2 Å². The van der Waals surface area contributed by atoms with Crippen LogP contribution >= 0.6 is 0 Å². The summed E-state index contributed by atoms with van der Waals surface area (Å²) in [5.74, 6) is 1.84. The summed E-state index contributed by atoms with van der Waals surface area (Å²) < 4.78 is 28.0. The standard InChI is InChI=1S/C30H40N4O8/c1-7-39-24-13-20(9-11-22(24)41-16-18(3)4)15-31-34-26(35)17-42-23-12-10-21(14-25(23)40-8-2)28-27(29(36)38-6)19(5)32-30(37)33-28/h9-15,18,26,28,34-35H,7-8,16-17H2,1-6H3,(H2,32,33,37)/b31-15-/t26-,28+/m0/s1. The van der Waals surface area contributed by atoms with E-state index in [1.165, 1.54) is 7.11 Å². The van der Waals surface area contributed by atoms with Crippen LogP contribution in [0.25, 0.3) is 0 Å². The number of rotatable bonds is 15. The average Bonchev–Trinajstić information content (AvgIpc) is 2.95.